The van der Waals surface area contributed by atoms with Crippen molar-refractivity contribution >= 4 is 0 Å². The molecule has 0 bridgehead atoms. The highest BCUT2D eigenvalue weighted by atomic mass is 19.2. The van der Waals surface area contributed by atoms with Crippen LogP contribution in [0.2, 0.25) is 0 Å². The Morgan fingerprint density at radius 3 is 2.53 bits per heavy atom. The minimum Gasteiger partial charge on any atom is -0.382 e. The first-order chi connectivity index (χ1) is 9.01. The average molecular weight is 271 g/mol. The van der Waals surface area contributed by atoms with Gasteiger partial charge < -0.3 is 10.1 Å². The third kappa shape index (κ3) is 4.25. The Morgan fingerprint density at radius 2 is 1.95 bits per heavy atom. The van der Waals surface area contributed by atoms with E-state index >= 15 is 0 Å². The van der Waals surface area contributed by atoms with Gasteiger partial charge in [0.05, 0.1) is 6.10 Å². The van der Waals surface area contributed by atoms with Gasteiger partial charge in [0, 0.05) is 18.7 Å². The fourth-order valence-electron chi connectivity index (χ4n) is 2.00. The van der Waals surface area contributed by atoms with E-state index in [-0.39, 0.29) is 12.1 Å². The molecule has 0 heterocycles. The first-order valence-corrected chi connectivity index (χ1v) is 6.71. The Balaban J connectivity index is 2.99. The fourth-order valence-corrected chi connectivity index (χ4v) is 2.00. The van der Waals surface area contributed by atoms with E-state index in [1.807, 2.05) is 13.8 Å². The standard InChI is InChI=1S/C15H23F2NO/c1-5-8-18-13(9-11(3)19-4)12-7-6-10(2)14(16)15(12)17/h6-7,11,13,18H,5,8-9H2,1-4H3. The van der Waals surface area contributed by atoms with E-state index < -0.39 is 11.6 Å². The molecular formula is C15H23F2NO. The van der Waals surface area contributed by atoms with E-state index in [9.17, 15) is 8.78 Å². The lowest BCUT2D eigenvalue weighted by Gasteiger charge is -2.23. The zero-order valence-corrected chi connectivity index (χ0v) is 12.1. The summed E-state index contributed by atoms with van der Waals surface area (Å²) in [4.78, 5) is 0. The van der Waals surface area contributed by atoms with Crippen molar-refractivity contribution < 1.29 is 13.5 Å². The minimum absolute atomic E-state index is 0.0156. The fraction of sp³-hybridized carbons (Fsp3) is 0.600. The first-order valence-electron chi connectivity index (χ1n) is 6.71. The van der Waals surface area contributed by atoms with Crippen molar-refractivity contribution in [1.82, 2.24) is 5.32 Å². The van der Waals surface area contributed by atoms with Gasteiger partial charge in [0.1, 0.15) is 0 Å². The number of benzene rings is 1. The van der Waals surface area contributed by atoms with Crippen LogP contribution in [0.1, 0.15) is 43.9 Å². The van der Waals surface area contributed by atoms with Gasteiger partial charge >= 0.3 is 0 Å². The zero-order chi connectivity index (χ0) is 14.4. The molecular weight excluding hydrogens is 248 g/mol. The van der Waals surface area contributed by atoms with Crippen molar-refractivity contribution in [3.63, 3.8) is 0 Å². The molecule has 2 unspecified atom stereocenters. The van der Waals surface area contributed by atoms with Crippen molar-refractivity contribution in [2.75, 3.05) is 13.7 Å². The quantitative estimate of drug-likeness (QED) is 0.815. The number of rotatable bonds is 7. The maximum absolute atomic E-state index is 14.0. The van der Waals surface area contributed by atoms with Crippen LogP contribution in [0.15, 0.2) is 12.1 Å². The van der Waals surface area contributed by atoms with Gasteiger partial charge in [-0.1, -0.05) is 19.1 Å². The summed E-state index contributed by atoms with van der Waals surface area (Å²) >= 11 is 0. The number of ether oxygens (including phenoxy) is 1. The largest absolute Gasteiger partial charge is 0.382 e. The molecule has 0 spiro atoms. The van der Waals surface area contributed by atoms with Crippen LogP contribution in [0, 0.1) is 18.6 Å². The highest BCUT2D eigenvalue weighted by Gasteiger charge is 2.21. The Hall–Kier alpha value is -1.00. The van der Waals surface area contributed by atoms with E-state index in [2.05, 4.69) is 5.32 Å². The lowest BCUT2D eigenvalue weighted by molar-refractivity contribution is 0.0998. The molecule has 0 saturated heterocycles. The molecule has 0 aromatic heterocycles. The maximum atomic E-state index is 14.0. The van der Waals surface area contributed by atoms with Gasteiger partial charge in [-0.3, -0.25) is 0 Å². The molecule has 4 heteroatoms. The Bertz CT molecular complexity index is 409. The van der Waals surface area contributed by atoms with E-state index in [0.717, 1.165) is 13.0 Å². The molecule has 0 aliphatic heterocycles. The monoisotopic (exact) mass is 271 g/mol. The van der Waals surface area contributed by atoms with E-state index in [0.29, 0.717) is 17.5 Å². The average Bonchev–Trinajstić information content (AvgIpc) is 2.41. The number of hydrogen-bond donors (Lipinski definition) is 1. The molecule has 19 heavy (non-hydrogen) atoms. The lowest BCUT2D eigenvalue weighted by atomic mass is 9.98. The van der Waals surface area contributed by atoms with Gasteiger partial charge in [-0.05, 0) is 38.8 Å². The summed E-state index contributed by atoms with van der Waals surface area (Å²) in [5.74, 6) is -1.51. The molecule has 0 aliphatic rings. The van der Waals surface area contributed by atoms with Gasteiger partial charge in [0.15, 0.2) is 11.6 Å². The smallest absolute Gasteiger partial charge is 0.163 e. The number of halogens is 2. The third-order valence-electron chi connectivity index (χ3n) is 3.29. The highest BCUT2D eigenvalue weighted by molar-refractivity contribution is 5.28. The number of nitrogens with one attached hydrogen (secondary N) is 1. The molecule has 0 radical (unpaired) electrons. The molecule has 1 aromatic rings. The lowest BCUT2D eigenvalue weighted by Crippen LogP contribution is -2.27. The molecule has 0 amide bonds. The van der Waals surface area contributed by atoms with Gasteiger partial charge in [-0.25, -0.2) is 8.78 Å². The second-order valence-corrected chi connectivity index (χ2v) is 4.89. The number of aryl methyl sites for hydroxylation is 1. The van der Waals surface area contributed by atoms with Crippen molar-refractivity contribution in [2.45, 2.75) is 45.8 Å². The second-order valence-electron chi connectivity index (χ2n) is 4.89. The van der Waals surface area contributed by atoms with E-state index in [4.69, 9.17) is 4.74 Å². The molecule has 0 saturated carbocycles. The molecule has 0 fully saturated rings. The van der Waals surface area contributed by atoms with Crippen LogP contribution in [0.5, 0.6) is 0 Å². The topological polar surface area (TPSA) is 21.3 Å². The highest BCUT2D eigenvalue weighted by Crippen LogP contribution is 2.25. The van der Waals surface area contributed by atoms with E-state index in [1.54, 1.807) is 26.2 Å². The summed E-state index contributed by atoms with van der Waals surface area (Å²) in [5.41, 5.74) is 0.704. The summed E-state index contributed by atoms with van der Waals surface area (Å²) in [6, 6.07) is 3.04. The predicted octanol–water partition coefficient (Wildman–Crippen LogP) is 3.74. The maximum Gasteiger partial charge on any atom is 0.163 e. The summed E-state index contributed by atoms with van der Waals surface area (Å²) < 4.78 is 32.9. The molecule has 108 valence electrons. The third-order valence-corrected chi connectivity index (χ3v) is 3.29. The summed E-state index contributed by atoms with van der Waals surface area (Å²) in [5, 5.41) is 3.25. The van der Waals surface area contributed by atoms with Crippen LogP contribution in [0.3, 0.4) is 0 Å². The molecule has 2 nitrogen and oxygen atoms in total. The van der Waals surface area contributed by atoms with Crippen LogP contribution >= 0.6 is 0 Å². The molecule has 0 aliphatic carbocycles. The van der Waals surface area contributed by atoms with Crippen LogP contribution in [0.25, 0.3) is 0 Å². The van der Waals surface area contributed by atoms with Crippen LogP contribution in [-0.2, 0) is 4.74 Å². The zero-order valence-electron chi connectivity index (χ0n) is 12.1. The van der Waals surface area contributed by atoms with Gasteiger partial charge in [-0.15, -0.1) is 0 Å². The van der Waals surface area contributed by atoms with Crippen LogP contribution in [-0.4, -0.2) is 19.8 Å². The van der Waals surface area contributed by atoms with Crippen molar-refractivity contribution in [1.29, 1.82) is 0 Å². The van der Waals surface area contributed by atoms with Crippen LogP contribution in [0.4, 0.5) is 8.78 Å². The van der Waals surface area contributed by atoms with Crippen LogP contribution < -0.4 is 5.32 Å². The van der Waals surface area contributed by atoms with Gasteiger partial charge in [0.25, 0.3) is 0 Å². The summed E-state index contributed by atoms with van der Waals surface area (Å²) in [6.45, 7) is 6.28. The van der Waals surface area contributed by atoms with E-state index in [1.165, 1.54) is 0 Å². The van der Waals surface area contributed by atoms with Gasteiger partial charge in [0.2, 0.25) is 0 Å². The Kier molecular flexibility index (Phi) is 6.38. The molecule has 2 atom stereocenters. The number of methoxy groups -OCH3 is 1. The minimum atomic E-state index is -0.758. The summed E-state index contributed by atoms with van der Waals surface area (Å²) in [7, 11) is 1.62. The van der Waals surface area contributed by atoms with Gasteiger partial charge in [-0.2, -0.15) is 0 Å². The normalized spacial score (nSPS) is 14.4. The molecule has 1 rings (SSSR count). The Labute approximate surface area is 114 Å². The summed E-state index contributed by atoms with van der Waals surface area (Å²) in [6.07, 6.45) is 1.53. The van der Waals surface area contributed by atoms with Crippen molar-refractivity contribution in [3.8, 4) is 0 Å². The number of hydrogen-bond acceptors (Lipinski definition) is 2. The van der Waals surface area contributed by atoms with Crippen molar-refractivity contribution in [3.05, 3.63) is 34.9 Å². The first kappa shape index (κ1) is 16.1. The SMILES string of the molecule is CCCNC(CC(C)OC)c1ccc(C)c(F)c1F. The molecule has 1 aromatic carbocycles. The molecule has 1 N–H and O–H groups in total. The second kappa shape index (κ2) is 7.56. The van der Waals surface area contributed by atoms with Crippen molar-refractivity contribution in [2.24, 2.45) is 0 Å². The Morgan fingerprint density at radius 1 is 1.26 bits per heavy atom. The predicted molar refractivity (Wildman–Crippen MR) is 73.2 cm³/mol.